The van der Waals surface area contributed by atoms with Crippen LogP contribution in [0.5, 0.6) is 0 Å². The number of carbonyl (C=O) groups excluding carboxylic acids is 1. The van der Waals surface area contributed by atoms with E-state index in [4.69, 9.17) is 23.2 Å². The standard InChI is InChI=1S/C20H21Cl2N3O3S/c1-12(2)18(20(26)23-10-9-13-7-8-14(21)11-16(13)22)24-19-15-5-3-4-6-17(15)29(27,28)25-19/h3-8,11-12,18H,9-10H2,1-2H3,(H,23,26)(H,24,25)/t18-/m0/s1. The van der Waals surface area contributed by atoms with Crippen LogP contribution >= 0.6 is 23.2 Å². The minimum absolute atomic E-state index is 0.126. The van der Waals surface area contributed by atoms with Crippen LogP contribution in [0.1, 0.15) is 25.0 Å². The molecular formula is C20H21Cl2N3O3S. The first-order valence-corrected chi connectivity index (χ1v) is 11.3. The van der Waals surface area contributed by atoms with Crippen LogP contribution in [0.15, 0.2) is 52.4 Å². The van der Waals surface area contributed by atoms with Gasteiger partial charge in [0.15, 0.2) is 0 Å². The second-order valence-corrected chi connectivity index (χ2v) is 9.54. The first-order valence-electron chi connectivity index (χ1n) is 9.10. The first kappa shape index (κ1) is 21.6. The Labute approximate surface area is 180 Å². The molecule has 0 radical (unpaired) electrons. The maximum absolute atomic E-state index is 12.7. The second kappa shape index (κ2) is 8.73. The Balaban J connectivity index is 1.73. The van der Waals surface area contributed by atoms with Gasteiger partial charge in [-0.3, -0.25) is 14.5 Å². The lowest BCUT2D eigenvalue weighted by atomic mass is 10.0. The van der Waals surface area contributed by atoms with Crippen LogP contribution < -0.4 is 10.0 Å². The summed E-state index contributed by atoms with van der Waals surface area (Å²) >= 11 is 12.1. The van der Waals surface area contributed by atoms with Gasteiger partial charge in [0.2, 0.25) is 5.91 Å². The van der Waals surface area contributed by atoms with Gasteiger partial charge < -0.3 is 5.32 Å². The molecule has 6 nitrogen and oxygen atoms in total. The molecule has 0 bridgehead atoms. The van der Waals surface area contributed by atoms with Crippen LogP contribution in [-0.2, 0) is 21.2 Å². The molecule has 0 unspecified atom stereocenters. The summed E-state index contributed by atoms with van der Waals surface area (Å²) in [6.45, 7) is 4.09. The minimum atomic E-state index is -3.65. The van der Waals surface area contributed by atoms with Gasteiger partial charge in [0.1, 0.15) is 11.9 Å². The molecular weight excluding hydrogens is 433 g/mol. The van der Waals surface area contributed by atoms with Crippen LogP contribution in [0, 0.1) is 5.92 Å². The number of halogens is 2. The number of hydrogen-bond donors (Lipinski definition) is 2. The van der Waals surface area contributed by atoms with Crippen molar-refractivity contribution < 1.29 is 13.2 Å². The zero-order valence-electron chi connectivity index (χ0n) is 15.9. The van der Waals surface area contributed by atoms with Crippen molar-refractivity contribution in [1.82, 2.24) is 10.0 Å². The smallest absolute Gasteiger partial charge is 0.263 e. The molecule has 0 aliphatic carbocycles. The monoisotopic (exact) mass is 453 g/mol. The topological polar surface area (TPSA) is 87.6 Å². The average molecular weight is 454 g/mol. The number of amidine groups is 1. The van der Waals surface area contributed by atoms with Crippen molar-refractivity contribution in [2.75, 3.05) is 6.54 Å². The highest BCUT2D eigenvalue weighted by Gasteiger charge is 2.32. The highest BCUT2D eigenvalue weighted by Crippen LogP contribution is 2.24. The summed E-state index contributed by atoms with van der Waals surface area (Å²) in [6, 6.07) is 11.1. The number of rotatable bonds is 6. The van der Waals surface area contributed by atoms with Gasteiger partial charge in [0.05, 0.1) is 4.90 Å². The van der Waals surface area contributed by atoms with E-state index in [-0.39, 0.29) is 22.6 Å². The third-order valence-corrected chi connectivity index (χ3v) is 6.52. The molecule has 1 aliphatic heterocycles. The number of sulfonamides is 1. The Morgan fingerprint density at radius 3 is 2.59 bits per heavy atom. The van der Waals surface area contributed by atoms with Gasteiger partial charge in [-0.2, -0.15) is 0 Å². The van der Waals surface area contributed by atoms with Gasteiger partial charge in [-0.1, -0.05) is 55.2 Å². The van der Waals surface area contributed by atoms with E-state index in [1.165, 1.54) is 6.07 Å². The summed E-state index contributed by atoms with van der Waals surface area (Å²) < 4.78 is 27.0. The summed E-state index contributed by atoms with van der Waals surface area (Å²) in [5.41, 5.74) is 1.35. The molecule has 1 heterocycles. The Morgan fingerprint density at radius 1 is 1.17 bits per heavy atom. The maximum Gasteiger partial charge on any atom is 0.263 e. The largest absolute Gasteiger partial charge is 0.354 e. The van der Waals surface area contributed by atoms with Crippen molar-refractivity contribution in [2.45, 2.75) is 31.2 Å². The molecule has 0 aromatic heterocycles. The van der Waals surface area contributed by atoms with E-state index < -0.39 is 16.1 Å². The molecule has 1 atom stereocenters. The number of aliphatic imine (C=N–C) groups is 1. The Kier molecular flexibility index (Phi) is 6.51. The SMILES string of the molecule is CC(C)[C@H](N=C1NS(=O)(=O)c2ccccc21)C(=O)NCCc1ccc(Cl)cc1Cl. The van der Waals surface area contributed by atoms with E-state index in [2.05, 4.69) is 15.0 Å². The lowest BCUT2D eigenvalue weighted by Crippen LogP contribution is -2.39. The Morgan fingerprint density at radius 2 is 1.90 bits per heavy atom. The molecule has 1 aliphatic rings. The molecule has 2 aromatic carbocycles. The Hall–Kier alpha value is -2.09. The van der Waals surface area contributed by atoms with E-state index in [1.54, 1.807) is 30.3 Å². The quantitative estimate of drug-likeness (QED) is 0.701. The lowest BCUT2D eigenvalue weighted by Gasteiger charge is -2.17. The molecule has 0 saturated heterocycles. The summed E-state index contributed by atoms with van der Waals surface area (Å²) in [4.78, 5) is 17.3. The molecule has 2 aromatic rings. The predicted octanol–water partition coefficient (Wildman–Crippen LogP) is 3.42. The Bertz CT molecular complexity index is 1070. The van der Waals surface area contributed by atoms with E-state index in [0.717, 1.165) is 5.56 Å². The number of nitrogens with zero attached hydrogens (tertiary/aromatic N) is 1. The van der Waals surface area contributed by atoms with Crippen molar-refractivity contribution in [3.05, 3.63) is 63.6 Å². The van der Waals surface area contributed by atoms with Crippen molar-refractivity contribution in [3.63, 3.8) is 0 Å². The fourth-order valence-electron chi connectivity index (χ4n) is 3.03. The molecule has 154 valence electrons. The average Bonchev–Trinajstić information content (AvgIpc) is 2.92. The van der Waals surface area contributed by atoms with E-state index in [9.17, 15) is 13.2 Å². The van der Waals surface area contributed by atoms with Crippen LogP contribution in [0.3, 0.4) is 0 Å². The highest BCUT2D eigenvalue weighted by atomic mass is 35.5. The van der Waals surface area contributed by atoms with Gasteiger partial charge in [-0.05, 0) is 42.2 Å². The molecule has 3 rings (SSSR count). The summed E-state index contributed by atoms with van der Waals surface area (Å²) in [7, 11) is -3.65. The number of hydrogen-bond acceptors (Lipinski definition) is 4. The molecule has 0 spiro atoms. The van der Waals surface area contributed by atoms with Crippen molar-refractivity contribution in [3.8, 4) is 0 Å². The fraction of sp³-hybridized carbons (Fsp3) is 0.300. The van der Waals surface area contributed by atoms with Crippen molar-refractivity contribution >= 4 is 45.0 Å². The lowest BCUT2D eigenvalue weighted by molar-refractivity contribution is -0.123. The number of carbonyl (C=O) groups is 1. The van der Waals surface area contributed by atoms with Gasteiger partial charge in [-0.25, -0.2) is 8.42 Å². The van der Waals surface area contributed by atoms with Crippen LogP contribution in [0.25, 0.3) is 0 Å². The number of fused-ring (bicyclic) bond motifs is 1. The fourth-order valence-corrected chi connectivity index (χ4v) is 4.77. The zero-order chi connectivity index (χ0) is 21.2. The molecule has 29 heavy (non-hydrogen) atoms. The molecule has 1 amide bonds. The van der Waals surface area contributed by atoms with Crippen LogP contribution in [0.2, 0.25) is 10.0 Å². The number of benzene rings is 2. The summed E-state index contributed by atoms with van der Waals surface area (Å²) in [5, 5.41) is 3.96. The van der Waals surface area contributed by atoms with Crippen LogP contribution in [-0.4, -0.2) is 32.7 Å². The predicted molar refractivity (Wildman–Crippen MR) is 115 cm³/mol. The molecule has 0 saturated carbocycles. The molecule has 2 N–H and O–H groups in total. The van der Waals surface area contributed by atoms with Gasteiger partial charge in [-0.15, -0.1) is 0 Å². The normalized spacial score (nSPS) is 17.1. The van der Waals surface area contributed by atoms with E-state index >= 15 is 0 Å². The second-order valence-electron chi connectivity index (χ2n) is 7.04. The minimum Gasteiger partial charge on any atom is -0.354 e. The van der Waals surface area contributed by atoms with Crippen molar-refractivity contribution in [1.29, 1.82) is 0 Å². The van der Waals surface area contributed by atoms with Gasteiger partial charge >= 0.3 is 0 Å². The molecule has 9 heteroatoms. The van der Waals surface area contributed by atoms with Crippen molar-refractivity contribution in [2.24, 2.45) is 10.9 Å². The summed E-state index contributed by atoms with van der Waals surface area (Å²) in [6.07, 6.45) is 0.540. The molecule has 0 fully saturated rings. The number of amides is 1. The maximum atomic E-state index is 12.7. The first-order chi connectivity index (χ1) is 13.7. The van der Waals surface area contributed by atoms with E-state index in [1.807, 2.05) is 19.9 Å². The third-order valence-electron chi connectivity index (χ3n) is 4.54. The zero-order valence-corrected chi connectivity index (χ0v) is 18.3. The van der Waals surface area contributed by atoms with Crippen LogP contribution in [0.4, 0.5) is 0 Å². The summed E-state index contributed by atoms with van der Waals surface area (Å²) in [5.74, 6) is -0.213. The number of nitrogens with one attached hydrogen (secondary N) is 2. The van der Waals surface area contributed by atoms with Gasteiger partial charge in [0.25, 0.3) is 10.0 Å². The van der Waals surface area contributed by atoms with E-state index in [0.29, 0.717) is 28.6 Å². The third kappa shape index (κ3) is 4.91. The highest BCUT2D eigenvalue weighted by molar-refractivity contribution is 7.90. The van der Waals surface area contributed by atoms with Gasteiger partial charge in [0, 0.05) is 22.2 Å².